The summed E-state index contributed by atoms with van der Waals surface area (Å²) in [4.78, 5) is 0. The maximum atomic E-state index is 5.18. The maximum absolute atomic E-state index is 5.18. The molecule has 0 aromatic heterocycles. The average Bonchev–Trinajstić information content (AvgIpc) is 1.69. The molecule has 2 heteroatoms. The minimum atomic E-state index is 0. The van der Waals surface area contributed by atoms with Gasteiger partial charge < -0.3 is 5.73 Å². The van der Waals surface area contributed by atoms with Gasteiger partial charge in [0.15, 0.2) is 0 Å². The van der Waals surface area contributed by atoms with Crippen LogP contribution in [0.5, 0.6) is 0 Å². The van der Waals surface area contributed by atoms with E-state index in [0.717, 1.165) is 13.0 Å². The van der Waals surface area contributed by atoms with Crippen molar-refractivity contribution in [3.05, 3.63) is 17.9 Å². The van der Waals surface area contributed by atoms with E-state index in [4.69, 9.17) is 5.73 Å². The Balaban J connectivity index is 0. The van der Waals surface area contributed by atoms with Gasteiger partial charge in [0, 0.05) is 0 Å². The third-order valence-electron chi connectivity index (χ3n) is 0.596. The first kappa shape index (κ1) is 10.7. The first-order chi connectivity index (χ1) is 3.41. The number of hydrogen-bond acceptors (Lipinski definition) is 1. The van der Waals surface area contributed by atoms with Crippen LogP contribution in [0.3, 0.4) is 0 Å². The Bertz CT molecular complexity index is 82.5. The normalized spacial score (nSPS) is 6.25. The third kappa shape index (κ3) is 9.24. The van der Waals surface area contributed by atoms with E-state index in [0.29, 0.717) is 0 Å². The largest absolute Gasteiger partial charge is 0.330 e. The zero-order valence-corrected chi connectivity index (χ0v) is 5.87. The lowest BCUT2D eigenvalue weighted by Gasteiger charge is -1.75. The lowest BCUT2D eigenvalue weighted by atomic mass is 10.4. The summed E-state index contributed by atoms with van der Waals surface area (Å²) in [5, 5.41) is 0. The highest BCUT2D eigenvalue weighted by molar-refractivity contribution is 5.85. The lowest BCUT2D eigenvalue weighted by Crippen LogP contribution is -1.94. The van der Waals surface area contributed by atoms with Crippen LogP contribution in [0.15, 0.2) is 17.9 Å². The van der Waals surface area contributed by atoms with Crippen molar-refractivity contribution in [2.24, 2.45) is 5.73 Å². The van der Waals surface area contributed by atoms with Gasteiger partial charge >= 0.3 is 0 Å². The average molecular weight is 134 g/mol. The fourth-order valence-corrected chi connectivity index (χ4v) is 0.285. The van der Waals surface area contributed by atoms with Crippen LogP contribution < -0.4 is 5.73 Å². The Morgan fingerprint density at radius 3 is 2.62 bits per heavy atom. The molecular formula is C6H12ClN. The topological polar surface area (TPSA) is 26.0 Å². The number of nitrogens with two attached hydrogens (primary N) is 1. The summed E-state index contributed by atoms with van der Waals surface area (Å²) in [6.45, 7) is 2.66. The van der Waals surface area contributed by atoms with Crippen molar-refractivity contribution >= 4 is 12.4 Å². The van der Waals surface area contributed by atoms with Crippen molar-refractivity contribution in [3.63, 3.8) is 0 Å². The van der Waals surface area contributed by atoms with Crippen LogP contribution in [-0.4, -0.2) is 6.54 Å². The van der Waals surface area contributed by atoms with E-state index in [9.17, 15) is 0 Å². The fourth-order valence-electron chi connectivity index (χ4n) is 0.285. The van der Waals surface area contributed by atoms with E-state index in [-0.39, 0.29) is 12.4 Å². The number of halogens is 1. The van der Waals surface area contributed by atoms with Gasteiger partial charge in [0.05, 0.1) is 0 Å². The second kappa shape index (κ2) is 9.91. The molecular weight excluding hydrogens is 122 g/mol. The Hall–Kier alpha value is -0.230. The fraction of sp³-hybridized carbons (Fsp3) is 0.500. The van der Waals surface area contributed by atoms with Crippen molar-refractivity contribution in [2.45, 2.75) is 13.3 Å². The summed E-state index contributed by atoms with van der Waals surface area (Å²) in [5.41, 5.74) is 8.10. The van der Waals surface area contributed by atoms with Crippen LogP contribution in [0.1, 0.15) is 13.3 Å². The molecule has 0 aliphatic carbocycles. The highest BCUT2D eigenvalue weighted by atomic mass is 35.5. The molecule has 0 saturated carbocycles. The Kier molecular flexibility index (Phi) is 13.2. The molecule has 0 aromatic rings. The van der Waals surface area contributed by atoms with Gasteiger partial charge in [-0.25, -0.2) is 0 Å². The molecule has 0 spiro atoms. The van der Waals surface area contributed by atoms with Crippen molar-refractivity contribution in [1.29, 1.82) is 0 Å². The van der Waals surface area contributed by atoms with Crippen LogP contribution >= 0.6 is 12.4 Å². The zero-order valence-electron chi connectivity index (χ0n) is 5.05. The lowest BCUT2D eigenvalue weighted by molar-refractivity contribution is 1.01. The summed E-state index contributed by atoms with van der Waals surface area (Å²) in [6.07, 6.45) is 4.74. The molecule has 0 atom stereocenters. The first-order valence-corrected chi connectivity index (χ1v) is 2.47. The summed E-state index contributed by atoms with van der Waals surface area (Å²) < 4.78 is 0. The standard InChI is InChI=1S/C6H11N.ClH/c1-2-3-4-5-6-7;/h2,4H,5-7H2,1H3;1H. The smallest absolute Gasteiger partial charge is 0.00365 e. The molecule has 0 radical (unpaired) electrons. The van der Waals surface area contributed by atoms with Gasteiger partial charge in [-0.15, -0.1) is 18.1 Å². The van der Waals surface area contributed by atoms with Crippen LogP contribution in [0.25, 0.3) is 0 Å². The molecule has 0 unspecified atom stereocenters. The van der Waals surface area contributed by atoms with Crippen molar-refractivity contribution < 1.29 is 0 Å². The summed E-state index contributed by atoms with van der Waals surface area (Å²) in [6, 6.07) is 0. The molecule has 1 nitrogen and oxygen atoms in total. The molecule has 0 aliphatic heterocycles. The molecule has 8 heavy (non-hydrogen) atoms. The maximum Gasteiger partial charge on any atom is -0.00365 e. The Morgan fingerprint density at radius 1 is 1.62 bits per heavy atom. The first-order valence-electron chi connectivity index (χ1n) is 2.47. The van der Waals surface area contributed by atoms with Crippen molar-refractivity contribution in [1.82, 2.24) is 0 Å². The van der Waals surface area contributed by atoms with E-state index in [1.54, 1.807) is 0 Å². The second-order valence-corrected chi connectivity index (χ2v) is 1.24. The summed E-state index contributed by atoms with van der Waals surface area (Å²) in [5.74, 6) is 0. The van der Waals surface area contributed by atoms with E-state index in [2.05, 4.69) is 5.73 Å². The molecule has 0 saturated heterocycles. The SMILES string of the molecule is CC=C=CCCN.Cl. The van der Waals surface area contributed by atoms with Gasteiger partial charge in [0.25, 0.3) is 0 Å². The summed E-state index contributed by atoms with van der Waals surface area (Å²) >= 11 is 0. The molecule has 0 rings (SSSR count). The van der Waals surface area contributed by atoms with Crippen LogP contribution in [0.4, 0.5) is 0 Å². The van der Waals surface area contributed by atoms with Crippen LogP contribution in [-0.2, 0) is 0 Å². The molecule has 0 aliphatic rings. The molecule has 0 heterocycles. The van der Waals surface area contributed by atoms with Gasteiger partial charge in [-0.05, 0) is 32.0 Å². The molecule has 0 aromatic carbocycles. The van der Waals surface area contributed by atoms with Crippen molar-refractivity contribution in [2.75, 3.05) is 6.54 Å². The van der Waals surface area contributed by atoms with E-state index < -0.39 is 0 Å². The van der Waals surface area contributed by atoms with E-state index >= 15 is 0 Å². The second-order valence-electron chi connectivity index (χ2n) is 1.24. The van der Waals surface area contributed by atoms with Crippen LogP contribution in [0.2, 0.25) is 0 Å². The molecule has 0 fully saturated rings. The van der Waals surface area contributed by atoms with Gasteiger partial charge in [-0.2, -0.15) is 0 Å². The van der Waals surface area contributed by atoms with Crippen molar-refractivity contribution in [3.8, 4) is 0 Å². The molecule has 0 amide bonds. The third-order valence-corrected chi connectivity index (χ3v) is 0.596. The Morgan fingerprint density at radius 2 is 2.25 bits per heavy atom. The monoisotopic (exact) mass is 133 g/mol. The van der Waals surface area contributed by atoms with Gasteiger partial charge in [0.2, 0.25) is 0 Å². The molecule has 2 N–H and O–H groups in total. The zero-order chi connectivity index (χ0) is 5.54. The minimum absolute atomic E-state index is 0. The number of hydrogen-bond donors (Lipinski definition) is 1. The van der Waals surface area contributed by atoms with Gasteiger partial charge in [0.1, 0.15) is 0 Å². The highest BCUT2D eigenvalue weighted by Crippen LogP contribution is 1.72. The minimum Gasteiger partial charge on any atom is -0.330 e. The summed E-state index contributed by atoms with van der Waals surface area (Å²) in [7, 11) is 0. The van der Waals surface area contributed by atoms with E-state index in [1.807, 2.05) is 19.1 Å². The highest BCUT2D eigenvalue weighted by Gasteiger charge is 1.64. The predicted octanol–water partition coefficient (Wildman–Crippen LogP) is 1.49. The quantitative estimate of drug-likeness (QED) is 0.568. The van der Waals surface area contributed by atoms with Gasteiger partial charge in [-0.3, -0.25) is 0 Å². The van der Waals surface area contributed by atoms with Crippen LogP contribution in [0, 0.1) is 0 Å². The Labute approximate surface area is 56.7 Å². The number of rotatable bonds is 2. The van der Waals surface area contributed by atoms with E-state index in [1.165, 1.54) is 0 Å². The molecule has 0 bridgehead atoms. The van der Waals surface area contributed by atoms with Gasteiger partial charge in [-0.1, -0.05) is 0 Å². The predicted molar refractivity (Wildman–Crippen MR) is 39.2 cm³/mol. The molecule has 48 valence electrons.